The average Bonchev–Trinajstić information content (AvgIpc) is 2.90. The molecule has 1 aromatic carbocycles. The van der Waals surface area contributed by atoms with E-state index in [-0.39, 0.29) is 6.04 Å². The SMILES string of the molecule is C[C@H](NC1CCc2sc(Cl)cc21)c1ccccc1Cl. The van der Waals surface area contributed by atoms with Gasteiger partial charge in [0, 0.05) is 22.0 Å². The van der Waals surface area contributed by atoms with Crippen molar-refractivity contribution in [3.8, 4) is 0 Å². The molecular weight excluding hydrogens is 297 g/mol. The average molecular weight is 312 g/mol. The molecule has 0 aliphatic heterocycles. The molecular formula is C15H15Cl2NS. The standard InChI is InChI=1S/C15H15Cl2NS/c1-9(10-4-2-3-5-12(10)16)18-13-6-7-14-11(13)8-15(17)19-14/h2-5,8-9,13,18H,6-7H2,1H3/t9-,13?/m0/s1. The van der Waals surface area contributed by atoms with Gasteiger partial charge in [-0.3, -0.25) is 0 Å². The first-order valence-electron chi connectivity index (χ1n) is 6.43. The zero-order chi connectivity index (χ0) is 13.4. The summed E-state index contributed by atoms with van der Waals surface area (Å²) in [5.74, 6) is 0. The molecule has 0 radical (unpaired) electrons. The number of fused-ring (bicyclic) bond motifs is 1. The predicted molar refractivity (Wildman–Crippen MR) is 83.4 cm³/mol. The van der Waals surface area contributed by atoms with E-state index in [2.05, 4.69) is 24.4 Å². The number of nitrogens with one attached hydrogen (secondary N) is 1. The van der Waals surface area contributed by atoms with Crippen LogP contribution < -0.4 is 5.32 Å². The van der Waals surface area contributed by atoms with E-state index < -0.39 is 0 Å². The van der Waals surface area contributed by atoms with Gasteiger partial charge in [0.2, 0.25) is 0 Å². The van der Waals surface area contributed by atoms with Crippen molar-refractivity contribution in [2.45, 2.75) is 31.8 Å². The number of halogens is 2. The largest absolute Gasteiger partial charge is 0.303 e. The molecule has 2 aromatic rings. The van der Waals surface area contributed by atoms with Crippen LogP contribution in [0.1, 0.15) is 41.4 Å². The van der Waals surface area contributed by atoms with Gasteiger partial charge < -0.3 is 5.32 Å². The van der Waals surface area contributed by atoms with Gasteiger partial charge in [-0.15, -0.1) is 11.3 Å². The highest BCUT2D eigenvalue weighted by Gasteiger charge is 2.26. The number of rotatable bonds is 3. The van der Waals surface area contributed by atoms with Gasteiger partial charge in [0.1, 0.15) is 0 Å². The lowest BCUT2D eigenvalue weighted by Crippen LogP contribution is -2.23. The van der Waals surface area contributed by atoms with E-state index in [0.717, 1.165) is 27.8 Å². The van der Waals surface area contributed by atoms with Gasteiger partial charge in [0.05, 0.1) is 4.34 Å². The molecule has 0 spiro atoms. The third kappa shape index (κ3) is 2.68. The zero-order valence-electron chi connectivity index (χ0n) is 10.6. The minimum atomic E-state index is 0.239. The van der Waals surface area contributed by atoms with Gasteiger partial charge >= 0.3 is 0 Å². The summed E-state index contributed by atoms with van der Waals surface area (Å²) in [4.78, 5) is 1.42. The van der Waals surface area contributed by atoms with E-state index in [1.807, 2.05) is 18.2 Å². The van der Waals surface area contributed by atoms with E-state index in [4.69, 9.17) is 23.2 Å². The lowest BCUT2D eigenvalue weighted by molar-refractivity contribution is 0.465. The first kappa shape index (κ1) is 13.4. The molecule has 1 unspecified atom stereocenters. The maximum atomic E-state index is 6.25. The Hall–Kier alpha value is -0.540. The fourth-order valence-corrected chi connectivity index (χ4v) is 4.38. The van der Waals surface area contributed by atoms with Crippen molar-refractivity contribution in [1.82, 2.24) is 5.32 Å². The topological polar surface area (TPSA) is 12.0 Å². The number of thiophene rings is 1. The van der Waals surface area contributed by atoms with E-state index in [1.165, 1.54) is 10.4 Å². The van der Waals surface area contributed by atoms with Crippen LogP contribution in [0.15, 0.2) is 30.3 Å². The Bertz CT molecular complexity index is 594. The van der Waals surface area contributed by atoms with Crippen LogP contribution in [0.3, 0.4) is 0 Å². The minimum Gasteiger partial charge on any atom is -0.303 e. The van der Waals surface area contributed by atoms with Crippen molar-refractivity contribution in [1.29, 1.82) is 0 Å². The van der Waals surface area contributed by atoms with Crippen molar-refractivity contribution < 1.29 is 0 Å². The smallest absolute Gasteiger partial charge is 0.0934 e. The van der Waals surface area contributed by atoms with Gasteiger partial charge in [0.25, 0.3) is 0 Å². The highest BCUT2D eigenvalue weighted by molar-refractivity contribution is 7.16. The van der Waals surface area contributed by atoms with E-state index in [9.17, 15) is 0 Å². The summed E-state index contributed by atoms with van der Waals surface area (Å²) in [5.41, 5.74) is 2.52. The molecule has 1 aliphatic carbocycles. The third-order valence-electron chi connectivity index (χ3n) is 3.67. The summed E-state index contributed by atoms with van der Waals surface area (Å²) < 4.78 is 0.891. The molecule has 1 N–H and O–H groups in total. The van der Waals surface area contributed by atoms with Crippen molar-refractivity contribution in [3.05, 3.63) is 55.7 Å². The Morgan fingerprint density at radius 3 is 2.89 bits per heavy atom. The van der Waals surface area contributed by atoms with Crippen LogP contribution in [0.5, 0.6) is 0 Å². The Morgan fingerprint density at radius 2 is 2.11 bits per heavy atom. The van der Waals surface area contributed by atoms with Gasteiger partial charge in [-0.05, 0) is 43.0 Å². The Balaban J connectivity index is 1.78. The summed E-state index contributed by atoms with van der Waals surface area (Å²) in [5, 5.41) is 4.49. The summed E-state index contributed by atoms with van der Waals surface area (Å²) in [6, 6.07) is 10.7. The van der Waals surface area contributed by atoms with Crippen LogP contribution in [0.2, 0.25) is 9.36 Å². The molecule has 19 heavy (non-hydrogen) atoms. The molecule has 0 amide bonds. The molecule has 1 nitrogen and oxygen atoms in total. The second-order valence-corrected chi connectivity index (χ2v) is 7.11. The maximum absolute atomic E-state index is 6.25. The van der Waals surface area contributed by atoms with Crippen molar-refractivity contribution in [3.63, 3.8) is 0 Å². The predicted octanol–water partition coefficient (Wildman–Crippen LogP) is 5.39. The van der Waals surface area contributed by atoms with Crippen molar-refractivity contribution in [2.75, 3.05) is 0 Å². The molecule has 0 saturated heterocycles. The minimum absolute atomic E-state index is 0.239. The number of hydrogen-bond donors (Lipinski definition) is 1. The first-order chi connectivity index (χ1) is 9.15. The Kier molecular flexibility index (Phi) is 3.86. The van der Waals surface area contributed by atoms with E-state index in [1.54, 1.807) is 11.3 Å². The molecule has 2 atom stereocenters. The number of benzene rings is 1. The Labute approximate surface area is 127 Å². The first-order valence-corrected chi connectivity index (χ1v) is 8.01. The quantitative estimate of drug-likeness (QED) is 0.801. The molecule has 1 heterocycles. The lowest BCUT2D eigenvalue weighted by atomic mass is 10.1. The second-order valence-electron chi connectivity index (χ2n) is 4.93. The molecule has 0 saturated carbocycles. The van der Waals surface area contributed by atoms with Gasteiger partial charge in [-0.2, -0.15) is 0 Å². The summed E-state index contributed by atoms with van der Waals surface area (Å²) in [6.07, 6.45) is 2.27. The van der Waals surface area contributed by atoms with Crippen LogP contribution in [0.25, 0.3) is 0 Å². The van der Waals surface area contributed by atoms with Crippen LogP contribution >= 0.6 is 34.5 Å². The summed E-state index contributed by atoms with van der Waals surface area (Å²) in [7, 11) is 0. The normalized spacial score (nSPS) is 19.4. The Morgan fingerprint density at radius 1 is 1.32 bits per heavy atom. The molecule has 4 heteroatoms. The van der Waals surface area contributed by atoms with Gasteiger partial charge in [-0.25, -0.2) is 0 Å². The molecule has 1 aliphatic rings. The fourth-order valence-electron chi connectivity index (χ4n) is 2.72. The molecule has 1 aromatic heterocycles. The molecule has 100 valence electrons. The lowest BCUT2D eigenvalue weighted by Gasteiger charge is -2.21. The number of aryl methyl sites for hydroxylation is 1. The van der Waals surface area contributed by atoms with Crippen LogP contribution in [-0.2, 0) is 6.42 Å². The van der Waals surface area contributed by atoms with E-state index >= 15 is 0 Å². The van der Waals surface area contributed by atoms with Crippen molar-refractivity contribution >= 4 is 34.5 Å². The molecule has 0 bridgehead atoms. The van der Waals surface area contributed by atoms with E-state index in [0.29, 0.717) is 6.04 Å². The summed E-state index contributed by atoms with van der Waals surface area (Å²) >= 11 is 14.0. The highest BCUT2D eigenvalue weighted by Crippen LogP contribution is 2.40. The third-order valence-corrected chi connectivity index (χ3v) is 5.35. The van der Waals surface area contributed by atoms with Gasteiger partial charge in [0.15, 0.2) is 0 Å². The van der Waals surface area contributed by atoms with Gasteiger partial charge in [-0.1, -0.05) is 41.4 Å². The summed E-state index contributed by atoms with van der Waals surface area (Å²) in [6.45, 7) is 2.16. The zero-order valence-corrected chi connectivity index (χ0v) is 12.9. The molecule has 3 rings (SSSR count). The monoisotopic (exact) mass is 311 g/mol. The van der Waals surface area contributed by atoms with Crippen LogP contribution in [0, 0.1) is 0 Å². The number of hydrogen-bond acceptors (Lipinski definition) is 2. The van der Waals surface area contributed by atoms with Crippen LogP contribution in [0.4, 0.5) is 0 Å². The molecule has 0 fully saturated rings. The second kappa shape index (κ2) is 5.45. The van der Waals surface area contributed by atoms with Crippen molar-refractivity contribution in [2.24, 2.45) is 0 Å². The van der Waals surface area contributed by atoms with Crippen LogP contribution in [-0.4, -0.2) is 0 Å². The maximum Gasteiger partial charge on any atom is 0.0934 e. The highest BCUT2D eigenvalue weighted by atomic mass is 35.5. The fraction of sp³-hybridized carbons (Fsp3) is 0.333.